The zero-order valence-corrected chi connectivity index (χ0v) is 12.6. The van der Waals surface area contributed by atoms with E-state index in [1.807, 2.05) is 0 Å². The van der Waals surface area contributed by atoms with Crippen molar-refractivity contribution in [3.8, 4) is 5.75 Å². The van der Waals surface area contributed by atoms with Gasteiger partial charge in [0.25, 0.3) is 0 Å². The number of nitrogens with two attached hydrogens (primary N) is 1. The second kappa shape index (κ2) is 7.28. The Bertz CT molecular complexity index is 500. The normalized spacial score (nSPS) is 15.1. The van der Waals surface area contributed by atoms with Crippen LogP contribution in [-0.4, -0.2) is 31.1 Å². The highest BCUT2D eigenvalue weighted by molar-refractivity contribution is 5.98. The zero-order chi connectivity index (χ0) is 14.6. The molecule has 1 saturated carbocycles. The highest BCUT2D eigenvalue weighted by Crippen LogP contribution is 2.30. The van der Waals surface area contributed by atoms with Crippen molar-refractivity contribution in [2.24, 2.45) is 5.73 Å². The van der Waals surface area contributed by atoms with Crippen molar-refractivity contribution < 1.29 is 19.1 Å². The van der Waals surface area contributed by atoms with Crippen LogP contribution in [0, 0.1) is 0 Å². The van der Waals surface area contributed by atoms with Crippen LogP contribution in [0.5, 0.6) is 5.75 Å². The van der Waals surface area contributed by atoms with Crippen LogP contribution in [-0.2, 0) is 14.3 Å². The molecule has 1 aliphatic rings. The van der Waals surface area contributed by atoms with Gasteiger partial charge in [0.1, 0.15) is 5.75 Å². The van der Waals surface area contributed by atoms with Crippen molar-refractivity contribution in [2.75, 3.05) is 19.0 Å². The Morgan fingerprint density at radius 3 is 2.38 bits per heavy atom. The summed E-state index contributed by atoms with van der Waals surface area (Å²) in [5, 5.41) is 2.78. The zero-order valence-electron chi connectivity index (χ0n) is 11.8. The molecule has 0 radical (unpaired) electrons. The molecule has 3 N–H and O–H groups in total. The Hall–Kier alpha value is -1.79. The first kappa shape index (κ1) is 17.3. The number of hydrogen-bond acceptors (Lipinski definition) is 5. The fourth-order valence-corrected chi connectivity index (χ4v) is 1.88. The van der Waals surface area contributed by atoms with Crippen LogP contribution < -0.4 is 15.8 Å². The number of esters is 1. The monoisotopic (exact) mass is 314 g/mol. The van der Waals surface area contributed by atoms with Gasteiger partial charge in [-0.2, -0.15) is 0 Å². The van der Waals surface area contributed by atoms with Gasteiger partial charge in [-0.3, -0.25) is 4.79 Å². The number of rotatable bonds is 5. The van der Waals surface area contributed by atoms with Crippen LogP contribution >= 0.6 is 12.4 Å². The summed E-state index contributed by atoms with van der Waals surface area (Å²) in [6.07, 6.45) is 2.43. The van der Waals surface area contributed by atoms with Gasteiger partial charge >= 0.3 is 5.97 Å². The third kappa shape index (κ3) is 4.34. The van der Waals surface area contributed by atoms with Gasteiger partial charge in [-0.1, -0.05) is 0 Å². The van der Waals surface area contributed by atoms with Crippen molar-refractivity contribution >= 4 is 30.0 Å². The summed E-state index contributed by atoms with van der Waals surface area (Å²) in [4.78, 5) is 22.9. The molecule has 2 rings (SSSR count). The Kier molecular flexibility index (Phi) is 5.99. The molecule has 0 saturated heterocycles. The number of nitrogens with one attached hydrogen (secondary N) is 1. The number of anilines is 1. The lowest BCUT2D eigenvalue weighted by Crippen LogP contribution is -2.56. The largest absolute Gasteiger partial charge is 0.482 e. The lowest BCUT2D eigenvalue weighted by molar-refractivity contribution is -0.142. The van der Waals surface area contributed by atoms with Gasteiger partial charge in [0.05, 0.1) is 12.6 Å². The van der Waals surface area contributed by atoms with E-state index in [-0.39, 0.29) is 24.9 Å². The molecular formula is C14H19ClN2O4. The minimum Gasteiger partial charge on any atom is -0.482 e. The maximum Gasteiger partial charge on any atom is 0.343 e. The van der Waals surface area contributed by atoms with Gasteiger partial charge in [-0.05, 0) is 43.5 Å². The summed E-state index contributed by atoms with van der Waals surface area (Å²) in [6.45, 7) is -0.145. The number of hydrogen-bond donors (Lipinski definition) is 2. The van der Waals surface area contributed by atoms with Crippen LogP contribution in [0.1, 0.15) is 19.3 Å². The lowest BCUT2D eigenvalue weighted by atomic mass is 9.77. The van der Waals surface area contributed by atoms with Gasteiger partial charge in [0, 0.05) is 5.69 Å². The quantitative estimate of drug-likeness (QED) is 0.803. The molecule has 0 atom stereocenters. The average Bonchev–Trinajstić information content (AvgIpc) is 2.43. The Morgan fingerprint density at radius 1 is 1.29 bits per heavy atom. The number of ether oxygens (including phenoxy) is 2. The van der Waals surface area contributed by atoms with Crippen LogP contribution in [0.2, 0.25) is 0 Å². The third-order valence-corrected chi connectivity index (χ3v) is 3.39. The van der Waals surface area contributed by atoms with Gasteiger partial charge in [0.2, 0.25) is 5.91 Å². The third-order valence-electron chi connectivity index (χ3n) is 3.39. The molecule has 0 aromatic heterocycles. The van der Waals surface area contributed by atoms with E-state index in [1.54, 1.807) is 24.3 Å². The molecule has 0 unspecified atom stereocenters. The maximum atomic E-state index is 11.9. The van der Waals surface area contributed by atoms with Crippen molar-refractivity contribution in [3.63, 3.8) is 0 Å². The fraction of sp³-hybridized carbons (Fsp3) is 0.429. The van der Waals surface area contributed by atoms with Gasteiger partial charge < -0.3 is 20.5 Å². The molecule has 7 heteroatoms. The number of benzene rings is 1. The number of halogens is 1. The minimum absolute atomic E-state index is 0. The van der Waals surface area contributed by atoms with Crippen LogP contribution in [0.3, 0.4) is 0 Å². The molecule has 1 fully saturated rings. The van der Waals surface area contributed by atoms with Gasteiger partial charge in [0.15, 0.2) is 6.61 Å². The van der Waals surface area contributed by atoms with Crippen LogP contribution in [0.4, 0.5) is 5.69 Å². The number of amides is 1. The van der Waals surface area contributed by atoms with E-state index in [9.17, 15) is 9.59 Å². The number of methoxy groups -OCH3 is 1. The van der Waals surface area contributed by atoms with E-state index in [0.29, 0.717) is 11.4 Å². The molecular weight excluding hydrogens is 296 g/mol. The first-order chi connectivity index (χ1) is 9.53. The summed E-state index contributed by atoms with van der Waals surface area (Å²) in [5.41, 5.74) is 5.86. The second-order valence-electron chi connectivity index (χ2n) is 4.85. The smallest absolute Gasteiger partial charge is 0.343 e. The summed E-state index contributed by atoms with van der Waals surface area (Å²) >= 11 is 0. The average molecular weight is 315 g/mol. The van der Waals surface area contributed by atoms with Gasteiger partial charge in [-0.15, -0.1) is 12.4 Å². The van der Waals surface area contributed by atoms with Crippen LogP contribution in [0.15, 0.2) is 24.3 Å². The number of carbonyl (C=O) groups excluding carboxylic acids is 2. The summed E-state index contributed by atoms with van der Waals surface area (Å²) in [7, 11) is 1.30. The standard InChI is InChI=1S/C14H18N2O4.ClH/c1-19-12(17)9-20-11-5-3-10(4-6-11)16-13(18)14(15)7-2-8-14;/h3-6H,2,7-9,15H2,1H3,(H,16,18);1H. The van der Waals surface area contributed by atoms with Crippen molar-refractivity contribution in [1.29, 1.82) is 0 Å². The first-order valence-electron chi connectivity index (χ1n) is 6.43. The molecule has 0 bridgehead atoms. The molecule has 6 nitrogen and oxygen atoms in total. The lowest BCUT2D eigenvalue weighted by Gasteiger charge is -2.36. The SMILES string of the molecule is COC(=O)COc1ccc(NC(=O)C2(N)CCC2)cc1.Cl. The molecule has 1 aromatic carbocycles. The molecule has 1 amide bonds. The summed E-state index contributed by atoms with van der Waals surface area (Å²) in [5.74, 6) is -0.0797. The first-order valence-corrected chi connectivity index (χ1v) is 6.43. The van der Waals surface area contributed by atoms with Crippen molar-refractivity contribution in [1.82, 2.24) is 0 Å². The second-order valence-corrected chi connectivity index (χ2v) is 4.85. The molecule has 1 aromatic rings. The predicted molar refractivity (Wildman–Crippen MR) is 80.6 cm³/mol. The topological polar surface area (TPSA) is 90.6 Å². The molecule has 21 heavy (non-hydrogen) atoms. The van der Waals surface area contributed by atoms with E-state index >= 15 is 0 Å². The molecule has 0 spiro atoms. The number of carbonyl (C=O) groups is 2. The minimum atomic E-state index is -0.722. The Labute approximate surface area is 129 Å². The fourth-order valence-electron chi connectivity index (χ4n) is 1.88. The highest BCUT2D eigenvalue weighted by Gasteiger charge is 2.40. The van der Waals surface area contributed by atoms with Crippen molar-refractivity contribution in [2.45, 2.75) is 24.8 Å². The molecule has 116 valence electrons. The highest BCUT2D eigenvalue weighted by atomic mass is 35.5. The van der Waals surface area contributed by atoms with E-state index in [4.69, 9.17) is 10.5 Å². The molecule has 0 aliphatic heterocycles. The Morgan fingerprint density at radius 2 is 1.90 bits per heavy atom. The Balaban J connectivity index is 0.00000220. The van der Waals surface area contributed by atoms with Crippen LogP contribution in [0.25, 0.3) is 0 Å². The van der Waals surface area contributed by atoms with Gasteiger partial charge in [-0.25, -0.2) is 4.79 Å². The van der Waals surface area contributed by atoms with E-state index in [1.165, 1.54) is 7.11 Å². The van der Waals surface area contributed by atoms with E-state index < -0.39 is 11.5 Å². The maximum absolute atomic E-state index is 11.9. The molecule has 0 heterocycles. The summed E-state index contributed by atoms with van der Waals surface area (Å²) in [6, 6.07) is 6.74. The van der Waals surface area contributed by atoms with E-state index in [0.717, 1.165) is 19.3 Å². The molecule has 1 aliphatic carbocycles. The van der Waals surface area contributed by atoms with E-state index in [2.05, 4.69) is 10.1 Å². The summed E-state index contributed by atoms with van der Waals surface area (Å²) < 4.78 is 9.68. The predicted octanol–water partition coefficient (Wildman–Crippen LogP) is 1.48. The van der Waals surface area contributed by atoms with Crippen molar-refractivity contribution in [3.05, 3.63) is 24.3 Å².